The number of benzene rings is 2. The van der Waals surface area contributed by atoms with E-state index in [1.165, 1.54) is 11.3 Å². The van der Waals surface area contributed by atoms with Crippen LogP contribution >= 0.6 is 11.3 Å². The number of likely N-dealkylation sites (N-methyl/N-ethyl adjacent to an activating group) is 1. The molecule has 0 unspecified atom stereocenters. The average Bonchev–Trinajstić information content (AvgIpc) is 3.11. The number of aromatic nitrogens is 1. The van der Waals surface area contributed by atoms with Crippen LogP contribution in [0.2, 0.25) is 0 Å². The van der Waals surface area contributed by atoms with Crippen molar-refractivity contribution >= 4 is 43.6 Å². The highest BCUT2D eigenvalue weighted by molar-refractivity contribution is 7.22. The van der Waals surface area contributed by atoms with E-state index in [0.717, 1.165) is 10.2 Å². The summed E-state index contributed by atoms with van der Waals surface area (Å²) < 4.78 is 6.35. The lowest BCUT2D eigenvalue weighted by atomic mass is 10.1. The Balaban J connectivity index is 1.78. The monoisotopic (exact) mass is 393 g/mol. The second-order valence-corrected chi connectivity index (χ2v) is 7.72. The molecule has 2 heterocycles. The number of fused-ring (bicyclic) bond motifs is 2. The van der Waals surface area contributed by atoms with Gasteiger partial charge in [0.1, 0.15) is 11.1 Å². The molecule has 2 aromatic carbocycles. The summed E-state index contributed by atoms with van der Waals surface area (Å²) >= 11 is 1.43. The van der Waals surface area contributed by atoms with E-state index < -0.39 is 11.5 Å². The van der Waals surface area contributed by atoms with Crippen LogP contribution in [0, 0.1) is 0 Å². The lowest BCUT2D eigenvalue weighted by molar-refractivity contribution is 0.0982. The Morgan fingerprint density at radius 1 is 1.07 bits per heavy atom. The van der Waals surface area contributed by atoms with Crippen molar-refractivity contribution in [3.63, 3.8) is 0 Å². The maximum atomic E-state index is 13.3. The number of carbonyl (C=O) groups is 1. The second kappa shape index (κ2) is 7.53. The van der Waals surface area contributed by atoms with Crippen LogP contribution in [-0.4, -0.2) is 43.0 Å². The summed E-state index contributed by atoms with van der Waals surface area (Å²) in [6.07, 6.45) is 0. The number of thiazole rings is 1. The topological polar surface area (TPSA) is 66.7 Å². The predicted molar refractivity (Wildman–Crippen MR) is 112 cm³/mol. The third-order valence-electron chi connectivity index (χ3n) is 4.40. The van der Waals surface area contributed by atoms with Gasteiger partial charge in [0.2, 0.25) is 0 Å². The molecule has 6 nitrogen and oxygen atoms in total. The van der Waals surface area contributed by atoms with Gasteiger partial charge < -0.3 is 9.32 Å². The summed E-state index contributed by atoms with van der Waals surface area (Å²) in [4.78, 5) is 33.9. The number of rotatable bonds is 5. The summed E-state index contributed by atoms with van der Waals surface area (Å²) in [5.41, 5.74) is 0.663. The number of para-hydroxylation sites is 2. The zero-order valence-electron chi connectivity index (χ0n) is 15.6. The van der Waals surface area contributed by atoms with E-state index in [2.05, 4.69) is 4.98 Å². The van der Waals surface area contributed by atoms with Crippen molar-refractivity contribution in [2.45, 2.75) is 0 Å². The van der Waals surface area contributed by atoms with Crippen molar-refractivity contribution in [3.8, 4) is 0 Å². The van der Waals surface area contributed by atoms with Gasteiger partial charge in [-0.2, -0.15) is 0 Å². The molecular weight excluding hydrogens is 374 g/mol. The highest BCUT2D eigenvalue weighted by Crippen LogP contribution is 2.29. The Morgan fingerprint density at radius 3 is 2.61 bits per heavy atom. The van der Waals surface area contributed by atoms with Gasteiger partial charge in [-0.15, -0.1) is 0 Å². The Hall–Kier alpha value is -3.03. The summed E-state index contributed by atoms with van der Waals surface area (Å²) in [7, 11) is 3.87. The van der Waals surface area contributed by atoms with Crippen LogP contribution in [0.25, 0.3) is 21.2 Å². The van der Waals surface area contributed by atoms with Crippen LogP contribution in [0.1, 0.15) is 10.4 Å². The number of nitrogens with zero attached hydrogens (tertiary/aromatic N) is 3. The van der Waals surface area contributed by atoms with Crippen molar-refractivity contribution in [1.29, 1.82) is 0 Å². The molecule has 0 fully saturated rings. The second-order valence-electron chi connectivity index (χ2n) is 6.71. The normalized spacial score (nSPS) is 11.4. The summed E-state index contributed by atoms with van der Waals surface area (Å²) in [5.74, 6) is -0.402. The zero-order chi connectivity index (χ0) is 19.7. The molecule has 7 heteroatoms. The largest absolute Gasteiger partial charge is 0.422 e. The van der Waals surface area contributed by atoms with Crippen molar-refractivity contribution in [2.75, 3.05) is 32.1 Å². The molecule has 0 saturated heterocycles. The third kappa shape index (κ3) is 3.54. The Morgan fingerprint density at radius 2 is 1.82 bits per heavy atom. The molecule has 0 bridgehead atoms. The van der Waals surface area contributed by atoms with E-state index in [9.17, 15) is 9.59 Å². The number of amides is 1. The van der Waals surface area contributed by atoms with Gasteiger partial charge in [0.05, 0.1) is 10.2 Å². The maximum Gasteiger partial charge on any atom is 0.349 e. The number of anilines is 1. The van der Waals surface area contributed by atoms with E-state index >= 15 is 0 Å². The Labute approximate surface area is 165 Å². The number of hydrogen-bond donors (Lipinski definition) is 0. The van der Waals surface area contributed by atoms with E-state index in [4.69, 9.17) is 4.42 Å². The van der Waals surface area contributed by atoms with Crippen LogP contribution in [-0.2, 0) is 0 Å². The minimum atomic E-state index is -0.639. The molecule has 0 spiro atoms. The van der Waals surface area contributed by atoms with Gasteiger partial charge >= 0.3 is 5.63 Å². The van der Waals surface area contributed by atoms with Crippen molar-refractivity contribution in [2.24, 2.45) is 0 Å². The standard InChI is InChI=1S/C21H19N3O3S/c1-23(2)11-12-24(21-22-16-8-4-6-10-18(16)28-21)19(25)15-13-14-7-3-5-9-17(14)27-20(15)26/h3-10,13H,11-12H2,1-2H3. The molecule has 0 aliphatic heterocycles. The van der Waals surface area contributed by atoms with E-state index in [0.29, 0.717) is 29.2 Å². The fraction of sp³-hybridized carbons (Fsp3) is 0.190. The first-order valence-corrected chi connectivity index (χ1v) is 9.69. The van der Waals surface area contributed by atoms with Crippen LogP contribution in [0.3, 0.4) is 0 Å². The van der Waals surface area contributed by atoms with Crippen LogP contribution < -0.4 is 10.5 Å². The van der Waals surface area contributed by atoms with Gasteiger partial charge in [0.25, 0.3) is 5.91 Å². The molecule has 0 aliphatic rings. The summed E-state index contributed by atoms with van der Waals surface area (Å²) in [6, 6.07) is 16.5. The summed E-state index contributed by atoms with van der Waals surface area (Å²) in [6.45, 7) is 1.05. The summed E-state index contributed by atoms with van der Waals surface area (Å²) in [5, 5.41) is 1.28. The first-order chi connectivity index (χ1) is 13.5. The van der Waals surface area contributed by atoms with Crippen LogP contribution in [0.5, 0.6) is 0 Å². The highest BCUT2D eigenvalue weighted by atomic mass is 32.1. The first-order valence-electron chi connectivity index (χ1n) is 8.88. The SMILES string of the molecule is CN(C)CCN(C(=O)c1cc2ccccc2oc1=O)c1nc2ccccc2s1. The van der Waals surface area contributed by atoms with Gasteiger partial charge in [0.15, 0.2) is 5.13 Å². The molecular formula is C21H19N3O3S. The fourth-order valence-corrected chi connectivity index (χ4v) is 3.91. The molecule has 0 saturated carbocycles. The van der Waals surface area contributed by atoms with E-state index in [1.54, 1.807) is 23.1 Å². The van der Waals surface area contributed by atoms with Crippen molar-refractivity contribution < 1.29 is 9.21 Å². The molecule has 0 radical (unpaired) electrons. The van der Waals surface area contributed by atoms with Gasteiger partial charge in [-0.25, -0.2) is 9.78 Å². The number of hydrogen-bond acceptors (Lipinski definition) is 6. The zero-order valence-corrected chi connectivity index (χ0v) is 16.4. The van der Waals surface area contributed by atoms with Crippen molar-refractivity contribution in [3.05, 3.63) is 70.6 Å². The predicted octanol–water partition coefficient (Wildman–Crippen LogP) is 3.61. The molecule has 4 rings (SSSR count). The molecule has 1 amide bonds. The minimum Gasteiger partial charge on any atom is -0.422 e. The molecule has 142 valence electrons. The third-order valence-corrected chi connectivity index (χ3v) is 5.46. The molecule has 0 N–H and O–H groups in total. The van der Waals surface area contributed by atoms with Gasteiger partial charge in [-0.05, 0) is 38.4 Å². The van der Waals surface area contributed by atoms with Gasteiger partial charge in [-0.1, -0.05) is 41.7 Å². The molecule has 0 atom stereocenters. The van der Waals surface area contributed by atoms with Gasteiger partial charge in [-0.3, -0.25) is 9.69 Å². The van der Waals surface area contributed by atoms with Crippen LogP contribution in [0.15, 0.2) is 63.8 Å². The number of carbonyl (C=O) groups excluding carboxylic acids is 1. The van der Waals surface area contributed by atoms with E-state index in [-0.39, 0.29) is 5.56 Å². The first kappa shape index (κ1) is 18.3. The van der Waals surface area contributed by atoms with E-state index in [1.807, 2.05) is 55.4 Å². The van der Waals surface area contributed by atoms with Crippen molar-refractivity contribution in [1.82, 2.24) is 9.88 Å². The Kier molecular flexibility index (Phi) is 4.93. The molecule has 28 heavy (non-hydrogen) atoms. The molecule has 4 aromatic rings. The minimum absolute atomic E-state index is 0.0108. The lowest BCUT2D eigenvalue weighted by Crippen LogP contribution is -2.38. The van der Waals surface area contributed by atoms with Crippen LogP contribution in [0.4, 0.5) is 5.13 Å². The molecule has 0 aliphatic carbocycles. The highest BCUT2D eigenvalue weighted by Gasteiger charge is 2.24. The lowest BCUT2D eigenvalue weighted by Gasteiger charge is -2.21. The average molecular weight is 393 g/mol. The quantitative estimate of drug-likeness (QED) is 0.485. The molecule has 2 aromatic heterocycles. The smallest absolute Gasteiger partial charge is 0.349 e. The Bertz CT molecular complexity index is 1180. The van der Waals surface area contributed by atoms with Gasteiger partial charge in [0, 0.05) is 18.5 Å². The fourth-order valence-electron chi connectivity index (χ4n) is 2.92. The maximum absolute atomic E-state index is 13.3.